The number of benzene rings is 2. The van der Waals surface area contributed by atoms with Crippen molar-refractivity contribution in [3.8, 4) is 17.4 Å². The summed E-state index contributed by atoms with van der Waals surface area (Å²) in [6, 6.07) is 20.3. The number of aromatic nitrogens is 2. The lowest BCUT2D eigenvalue weighted by molar-refractivity contribution is 0.247. The average molecular weight is 501 g/mol. The van der Waals surface area contributed by atoms with Gasteiger partial charge in [-0.25, -0.2) is 9.97 Å². The molecule has 0 saturated carbocycles. The first-order valence-electron chi connectivity index (χ1n) is 12.2. The fraction of sp³-hybridized carbons (Fsp3) is 0.310. The molecule has 36 heavy (non-hydrogen) atoms. The zero-order chi connectivity index (χ0) is 25.1. The Morgan fingerprint density at radius 3 is 2.75 bits per heavy atom. The largest absolute Gasteiger partial charge is 0.497 e. The van der Waals surface area contributed by atoms with Gasteiger partial charge in [0.15, 0.2) is 5.13 Å². The lowest BCUT2D eigenvalue weighted by atomic mass is 9.86. The molecule has 6 nitrogen and oxygen atoms in total. The molecule has 3 heterocycles. The molecule has 1 aliphatic rings. The third-order valence-corrected chi connectivity index (χ3v) is 7.26. The number of rotatable bonds is 7. The van der Waals surface area contributed by atoms with Gasteiger partial charge in [-0.2, -0.15) is 0 Å². The van der Waals surface area contributed by atoms with Crippen LogP contribution in [-0.4, -0.2) is 28.5 Å². The number of thiazole rings is 1. The van der Waals surface area contributed by atoms with Crippen LogP contribution in [0.15, 0.2) is 66.9 Å². The number of methoxy groups -OCH3 is 1. The number of nitrogens with one attached hydrogen (secondary N) is 1. The van der Waals surface area contributed by atoms with E-state index in [2.05, 4.69) is 54.2 Å². The van der Waals surface area contributed by atoms with Crippen LogP contribution in [0.1, 0.15) is 42.5 Å². The molecule has 2 aromatic heterocycles. The summed E-state index contributed by atoms with van der Waals surface area (Å²) >= 11 is 1.70. The van der Waals surface area contributed by atoms with Crippen molar-refractivity contribution < 1.29 is 9.47 Å². The van der Waals surface area contributed by atoms with Crippen molar-refractivity contribution in [2.75, 3.05) is 19.0 Å². The summed E-state index contributed by atoms with van der Waals surface area (Å²) in [7, 11) is 1.71. The second-order valence-corrected chi connectivity index (χ2v) is 11.1. The van der Waals surface area contributed by atoms with Crippen molar-refractivity contribution in [1.29, 1.82) is 0 Å². The van der Waals surface area contributed by atoms with Gasteiger partial charge in [-0.05, 0) is 41.3 Å². The van der Waals surface area contributed by atoms with Crippen molar-refractivity contribution in [3.05, 3.63) is 88.6 Å². The summed E-state index contributed by atoms with van der Waals surface area (Å²) in [6.45, 7) is 9.32. The number of ether oxygens (including phenoxy) is 2. The first-order valence-corrected chi connectivity index (χ1v) is 13.0. The Bertz CT molecular complexity index is 1350. The van der Waals surface area contributed by atoms with Crippen LogP contribution in [0.25, 0.3) is 0 Å². The van der Waals surface area contributed by atoms with E-state index in [1.165, 1.54) is 16.1 Å². The SMILES string of the molecule is COc1cccc(CN2CCc3nc(Nc4cccnc4Oc4ccccc4C(C)(C)C)sc3C2)c1. The van der Waals surface area contributed by atoms with Gasteiger partial charge >= 0.3 is 0 Å². The Balaban J connectivity index is 1.31. The highest BCUT2D eigenvalue weighted by Crippen LogP contribution is 2.37. The van der Waals surface area contributed by atoms with E-state index in [0.29, 0.717) is 5.88 Å². The highest BCUT2D eigenvalue weighted by Gasteiger charge is 2.23. The van der Waals surface area contributed by atoms with Crippen molar-refractivity contribution >= 4 is 22.2 Å². The number of hydrogen-bond donors (Lipinski definition) is 1. The normalized spacial score (nSPS) is 13.8. The summed E-state index contributed by atoms with van der Waals surface area (Å²) in [5.41, 5.74) is 4.34. The van der Waals surface area contributed by atoms with E-state index in [-0.39, 0.29) is 5.41 Å². The van der Waals surface area contributed by atoms with Crippen LogP contribution < -0.4 is 14.8 Å². The van der Waals surface area contributed by atoms with E-state index in [1.807, 2.05) is 42.5 Å². The molecule has 4 aromatic rings. The fourth-order valence-electron chi connectivity index (χ4n) is 4.43. The predicted octanol–water partition coefficient (Wildman–Crippen LogP) is 6.94. The molecule has 0 spiro atoms. The quantitative estimate of drug-likeness (QED) is 0.297. The number of hydrogen-bond acceptors (Lipinski definition) is 7. The molecule has 0 amide bonds. The third kappa shape index (κ3) is 5.53. The van der Waals surface area contributed by atoms with Crippen molar-refractivity contribution in [2.24, 2.45) is 0 Å². The molecule has 0 saturated heterocycles. The smallest absolute Gasteiger partial charge is 0.243 e. The summed E-state index contributed by atoms with van der Waals surface area (Å²) in [4.78, 5) is 13.2. The average Bonchev–Trinajstić information content (AvgIpc) is 3.26. The van der Waals surface area contributed by atoms with Crippen LogP contribution in [0.5, 0.6) is 17.4 Å². The van der Waals surface area contributed by atoms with Gasteiger partial charge in [0, 0.05) is 42.7 Å². The molecule has 186 valence electrons. The zero-order valence-electron chi connectivity index (χ0n) is 21.2. The van der Waals surface area contributed by atoms with Crippen LogP contribution in [0, 0.1) is 0 Å². The van der Waals surface area contributed by atoms with Gasteiger partial charge in [0.1, 0.15) is 17.2 Å². The zero-order valence-corrected chi connectivity index (χ0v) is 22.1. The number of fused-ring (bicyclic) bond motifs is 1. The Morgan fingerprint density at radius 2 is 1.92 bits per heavy atom. The van der Waals surface area contributed by atoms with Crippen LogP contribution in [0.2, 0.25) is 0 Å². The van der Waals surface area contributed by atoms with Gasteiger partial charge in [-0.1, -0.05) is 51.1 Å². The van der Waals surface area contributed by atoms with E-state index < -0.39 is 0 Å². The Hall–Kier alpha value is -3.42. The summed E-state index contributed by atoms with van der Waals surface area (Å²) in [5, 5.41) is 4.34. The molecule has 0 aliphatic carbocycles. The minimum atomic E-state index is -0.0376. The van der Waals surface area contributed by atoms with Crippen LogP contribution >= 0.6 is 11.3 Å². The Morgan fingerprint density at radius 1 is 1.06 bits per heavy atom. The molecule has 0 atom stereocenters. The van der Waals surface area contributed by atoms with Gasteiger partial charge in [0.05, 0.1) is 12.8 Å². The lowest BCUT2D eigenvalue weighted by Gasteiger charge is -2.25. The van der Waals surface area contributed by atoms with Crippen molar-refractivity contribution in [1.82, 2.24) is 14.9 Å². The van der Waals surface area contributed by atoms with Gasteiger partial charge in [-0.15, -0.1) is 11.3 Å². The van der Waals surface area contributed by atoms with Gasteiger partial charge < -0.3 is 14.8 Å². The second kappa shape index (κ2) is 10.3. The molecule has 0 unspecified atom stereocenters. The molecular formula is C29H32N4O2S. The minimum Gasteiger partial charge on any atom is -0.497 e. The van der Waals surface area contributed by atoms with E-state index in [9.17, 15) is 0 Å². The van der Waals surface area contributed by atoms with Crippen molar-refractivity contribution in [3.63, 3.8) is 0 Å². The third-order valence-electron chi connectivity index (χ3n) is 6.27. The molecule has 5 rings (SSSR count). The number of para-hydroxylation sites is 1. The van der Waals surface area contributed by atoms with E-state index in [4.69, 9.17) is 14.5 Å². The van der Waals surface area contributed by atoms with Crippen LogP contribution in [-0.2, 0) is 24.9 Å². The van der Waals surface area contributed by atoms with E-state index in [1.54, 1.807) is 24.6 Å². The first kappa shape index (κ1) is 24.3. The van der Waals surface area contributed by atoms with Crippen LogP contribution in [0.3, 0.4) is 0 Å². The van der Waals surface area contributed by atoms with E-state index in [0.717, 1.165) is 53.9 Å². The Kier molecular flexibility index (Phi) is 6.94. The monoisotopic (exact) mass is 500 g/mol. The maximum atomic E-state index is 6.33. The van der Waals surface area contributed by atoms with Crippen molar-refractivity contribution in [2.45, 2.75) is 45.7 Å². The van der Waals surface area contributed by atoms with Gasteiger partial charge in [-0.3, -0.25) is 4.90 Å². The van der Waals surface area contributed by atoms with Gasteiger partial charge in [0.2, 0.25) is 5.88 Å². The molecule has 1 aliphatic heterocycles. The standard InChI is InChI=1S/C29H32N4O2S/c1-29(2,3)22-11-5-6-13-25(22)35-27-24(12-8-15-30-27)32-28-31-23-14-16-33(19-26(23)36-28)18-20-9-7-10-21(17-20)34-4/h5-13,15,17H,14,16,18-19H2,1-4H3,(H,31,32). The first-order chi connectivity index (χ1) is 17.4. The van der Waals surface area contributed by atoms with Crippen LogP contribution in [0.4, 0.5) is 10.8 Å². The van der Waals surface area contributed by atoms with Gasteiger partial charge in [0.25, 0.3) is 0 Å². The molecule has 7 heteroatoms. The van der Waals surface area contributed by atoms with E-state index >= 15 is 0 Å². The molecule has 0 bridgehead atoms. The highest BCUT2D eigenvalue weighted by atomic mass is 32.1. The molecular weight excluding hydrogens is 468 g/mol. The number of anilines is 2. The second-order valence-electron chi connectivity index (χ2n) is 10.0. The fourth-order valence-corrected chi connectivity index (χ4v) is 5.49. The molecule has 0 fully saturated rings. The lowest BCUT2D eigenvalue weighted by Crippen LogP contribution is -2.29. The molecule has 0 radical (unpaired) electrons. The molecule has 1 N–H and O–H groups in total. The summed E-state index contributed by atoms with van der Waals surface area (Å²) < 4.78 is 11.7. The maximum absolute atomic E-state index is 6.33. The number of pyridine rings is 1. The minimum absolute atomic E-state index is 0.0376. The summed E-state index contributed by atoms with van der Waals surface area (Å²) in [6.07, 6.45) is 2.69. The predicted molar refractivity (Wildman–Crippen MR) is 146 cm³/mol. The maximum Gasteiger partial charge on any atom is 0.243 e. The summed E-state index contributed by atoms with van der Waals surface area (Å²) in [5.74, 6) is 2.26. The highest BCUT2D eigenvalue weighted by molar-refractivity contribution is 7.15. The topological polar surface area (TPSA) is 59.5 Å². The number of nitrogens with zero attached hydrogens (tertiary/aromatic N) is 3. The molecule has 2 aromatic carbocycles. The Labute approximate surface area is 216 Å².